The minimum Gasteiger partial charge on any atom is -0.497 e. The van der Waals surface area contributed by atoms with Crippen molar-refractivity contribution in [2.24, 2.45) is 5.92 Å². The smallest absolute Gasteiger partial charge is 0.324 e. The monoisotopic (exact) mass is 466 g/mol. The van der Waals surface area contributed by atoms with Crippen LogP contribution in [0.4, 0.5) is 6.01 Å². The summed E-state index contributed by atoms with van der Waals surface area (Å²) in [5.74, 6) is 2.71. The fourth-order valence-corrected chi connectivity index (χ4v) is 4.11. The Morgan fingerprint density at radius 2 is 1.85 bits per heavy atom. The number of aromatic nitrogens is 2. The number of anilines is 1. The Morgan fingerprint density at radius 1 is 1.09 bits per heavy atom. The highest BCUT2D eigenvalue weighted by Crippen LogP contribution is 2.27. The summed E-state index contributed by atoms with van der Waals surface area (Å²) in [4.78, 5) is 19.4. The molecule has 1 N–H and O–H groups in total. The minimum absolute atomic E-state index is 0.0291. The second-order valence-electron chi connectivity index (χ2n) is 8.13. The first kappa shape index (κ1) is 23.4. The third kappa shape index (κ3) is 5.41. The average Bonchev–Trinajstić information content (AvgIpc) is 3.39. The molecule has 34 heavy (non-hydrogen) atoms. The molecule has 9 nitrogen and oxygen atoms in total. The first-order chi connectivity index (χ1) is 16.6. The van der Waals surface area contributed by atoms with Crippen LogP contribution in [-0.2, 0) is 11.2 Å². The molecule has 1 fully saturated rings. The molecule has 1 amide bonds. The van der Waals surface area contributed by atoms with Crippen LogP contribution in [-0.4, -0.2) is 57.0 Å². The number of hydrogen-bond acceptors (Lipinski definition) is 8. The van der Waals surface area contributed by atoms with Gasteiger partial charge in [-0.2, -0.15) is 4.98 Å². The molecule has 1 atom stereocenters. The average molecular weight is 467 g/mol. The van der Waals surface area contributed by atoms with Gasteiger partial charge >= 0.3 is 6.01 Å². The predicted molar refractivity (Wildman–Crippen MR) is 127 cm³/mol. The van der Waals surface area contributed by atoms with Gasteiger partial charge in [-0.1, -0.05) is 5.16 Å². The normalized spacial score (nSPS) is 15.6. The molecule has 0 spiro atoms. The van der Waals surface area contributed by atoms with Crippen LogP contribution in [0.3, 0.4) is 0 Å². The van der Waals surface area contributed by atoms with Gasteiger partial charge in [0.05, 0.1) is 27.2 Å². The van der Waals surface area contributed by atoms with E-state index in [9.17, 15) is 4.79 Å². The van der Waals surface area contributed by atoms with Crippen molar-refractivity contribution in [3.63, 3.8) is 0 Å². The molecule has 1 aromatic heterocycles. The summed E-state index contributed by atoms with van der Waals surface area (Å²) in [6.07, 6.45) is 2.35. The lowest BCUT2D eigenvalue weighted by atomic mass is 9.97. The topological polar surface area (TPSA) is 99.0 Å². The summed E-state index contributed by atoms with van der Waals surface area (Å²) >= 11 is 0. The van der Waals surface area contributed by atoms with Gasteiger partial charge in [0.1, 0.15) is 17.2 Å². The molecule has 1 aliphatic rings. The Bertz CT molecular complexity index is 1100. The van der Waals surface area contributed by atoms with Crippen LogP contribution in [0.15, 0.2) is 47.0 Å². The zero-order chi connectivity index (χ0) is 23.9. The number of nitrogens with one attached hydrogen (secondary N) is 1. The Balaban J connectivity index is 1.33. The number of carbonyl (C=O) groups excluding carboxylic acids is 1. The molecule has 4 rings (SSSR count). The molecule has 1 unspecified atom stereocenters. The van der Waals surface area contributed by atoms with Gasteiger partial charge in [0, 0.05) is 25.2 Å². The van der Waals surface area contributed by atoms with E-state index in [0.717, 1.165) is 47.8 Å². The van der Waals surface area contributed by atoms with Gasteiger partial charge < -0.3 is 29.0 Å². The molecular weight excluding hydrogens is 436 g/mol. The van der Waals surface area contributed by atoms with E-state index >= 15 is 0 Å². The summed E-state index contributed by atoms with van der Waals surface area (Å²) in [6, 6.07) is 13.6. The van der Waals surface area contributed by atoms with Gasteiger partial charge in [-0.15, -0.1) is 0 Å². The lowest BCUT2D eigenvalue weighted by Gasteiger charge is -2.30. The Kier molecular flexibility index (Phi) is 7.51. The van der Waals surface area contributed by atoms with E-state index in [2.05, 4.69) is 15.5 Å². The van der Waals surface area contributed by atoms with Crippen LogP contribution in [0.2, 0.25) is 0 Å². The first-order valence-corrected chi connectivity index (χ1v) is 11.3. The second kappa shape index (κ2) is 10.9. The van der Waals surface area contributed by atoms with E-state index in [0.29, 0.717) is 31.3 Å². The molecule has 0 aliphatic carbocycles. The molecule has 2 heterocycles. The summed E-state index contributed by atoms with van der Waals surface area (Å²) < 4.78 is 21.4. The number of carbonyl (C=O) groups is 1. The van der Waals surface area contributed by atoms with E-state index in [4.69, 9.17) is 18.7 Å². The van der Waals surface area contributed by atoms with Crippen molar-refractivity contribution in [2.45, 2.75) is 19.3 Å². The fourth-order valence-electron chi connectivity index (χ4n) is 4.11. The Labute approximate surface area is 199 Å². The summed E-state index contributed by atoms with van der Waals surface area (Å²) in [6.45, 7) is 1.83. The number of piperidine rings is 1. The summed E-state index contributed by atoms with van der Waals surface area (Å²) in [5, 5.41) is 7.17. The van der Waals surface area contributed by atoms with Crippen molar-refractivity contribution in [3.8, 4) is 28.6 Å². The molecule has 3 aromatic rings. The predicted octanol–water partition coefficient (Wildman–Crippen LogP) is 3.34. The van der Waals surface area contributed by atoms with Crippen molar-refractivity contribution in [1.82, 2.24) is 15.5 Å². The highest BCUT2D eigenvalue weighted by molar-refractivity contribution is 5.79. The second-order valence-corrected chi connectivity index (χ2v) is 8.13. The van der Waals surface area contributed by atoms with Gasteiger partial charge in [0.15, 0.2) is 0 Å². The van der Waals surface area contributed by atoms with E-state index in [-0.39, 0.29) is 11.8 Å². The zero-order valence-electron chi connectivity index (χ0n) is 19.7. The van der Waals surface area contributed by atoms with E-state index in [1.807, 2.05) is 47.4 Å². The van der Waals surface area contributed by atoms with Gasteiger partial charge in [-0.3, -0.25) is 4.79 Å². The SMILES string of the molecule is COc1ccc(-c2noc(N3CCCC(C(=O)NCCc4cc(OC)ccc4OC)C3)n2)cc1. The maximum absolute atomic E-state index is 12.9. The van der Waals surface area contributed by atoms with Crippen LogP contribution in [0.25, 0.3) is 11.4 Å². The minimum atomic E-state index is -0.141. The highest BCUT2D eigenvalue weighted by atomic mass is 16.5. The maximum Gasteiger partial charge on any atom is 0.324 e. The molecule has 1 saturated heterocycles. The third-order valence-corrected chi connectivity index (χ3v) is 6.01. The maximum atomic E-state index is 12.9. The van der Waals surface area contributed by atoms with E-state index in [1.165, 1.54) is 0 Å². The molecule has 9 heteroatoms. The number of ether oxygens (including phenoxy) is 3. The van der Waals surface area contributed by atoms with Gasteiger partial charge in [-0.25, -0.2) is 0 Å². The lowest BCUT2D eigenvalue weighted by Crippen LogP contribution is -2.43. The van der Waals surface area contributed by atoms with Crippen molar-refractivity contribution in [1.29, 1.82) is 0 Å². The van der Waals surface area contributed by atoms with Gasteiger partial charge in [0.2, 0.25) is 11.7 Å². The first-order valence-electron chi connectivity index (χ1n) is 11.3. The molecule has 0 bridgehead atoms. The van der Waals surface area contributed by atoms with E-state index < -0.39 is 0 Å². The standard InChI is InChI=1S/C25H30N4O5/c1-31-20-8-6-17(7-9-20)23-27-25(34-28-23)29-14-4-5-19(16-29)24(30)26-13-12-18-15-21(32-2)10-11-22(18)33-3/h6-11,15,19H,4-5,12-14,16H2,1-3H3,(H,26,30). The number of rotatable bonds is 9. The van der Waals surface area contributed by atoms with Gasteiger partial charge in [0.25, 0.3) is 0 Å². The number of methoxy groups -OCH3 is 3. The quantitative estimate of drug-likeness (QED) is 0.513. The Morgan fingerprint density at radius 3 is 2.59 bits per heavy atom. The van der Waals surface area contributed by atoms with Crippen molar-refractivity contribution in [3.05, 3.63) is 48.0 Å². The van der Waals surface area contributed by atoms with E-state index in [1.54, 1.807) is 21.3 Å². The third-order valence-electron chi connectivity index (χ3n) is 6.01. The number of amides is 1. The highest BCUT2D eigenvalue weighted by Gasteiger charge is 2.28. The zero-order valence-corrected chi connectivity index (χ0v) is 19.7. The lowest BCUT2D eigenvalue weighted by molar-refractivity contribution is -0.125. The van der Waals surface area contributed by atoms with Crippen molar-refractivity contribution < 1.29 is 23.5 Å². The molecule has 0 saturated carbocycles. The largest absolute Gasteiger partial charge is 0.497 e. The fraction of sp³-hybridized carbons (Fsp3) is 0.400. The number of benzene rings is 2. The Hall–Kier alpha value is -3.75. The molecular formula is C25H30N4O5. The van der Waals surface area contributed by atoms with Gasteiger partial charge in [-0.05, 0) is 67.3 Å². The number of hydrogen-bond donors (Lipinski definition) is 1. The summed E-state index contributed by atoms with van der Waals surface area (Å²) in [7, 11) is 4.89. The van der Waals surface area contributed by atoms with Crippen molar-refractivity contribution in [2.75, 3.05) is 45.9 Å². The van der Waals surface area contributed by atoms with Crippen LogP contribution >= 0.6 is 0 Å². The molecule has 180 valence electrons. The number of nitrogens with zero attached hydrogens (tertiary/aromatic N) is 3. The van der Waals surface area contributed by atoms with Crippen molar-refractivity contribution >= 4 is 11.9 Å². The summed E-state index contributed by atoms with van der Waals surface area (Å²) in [5.41, 5.74) is 1.83. The molecule has 1 aliphatic heterocycles. The molecule has 0 radical (unpaired) electrons. The van der Waals surface area contributed by atoms with Crippen LogP contribution < -0.4 is 24.4 Å². The van der Waals surface area contributed by atoms with Crippen LogP contribution in [0.5, 0.6) is 17.2 Å². The van der Waals surface area contributed by atoms with Crippen LogP contribution in [0.1, 0.15) is 18.4 Å². The van der Waals surface area contributed by atoms with Crippen LogP contribution in [0, 0.1) is 5.92 Å². The molecule has 2 aromatic carbocycles.